The summed E-state index contributed by atoms with van der Waals surface area (Å²) in [4.78, 5) is 25.1. The molecule has 0 aliphatic heterocycles. The number of aliphatic hydroxyl groups excluding tert-OH is 2. The van der Waals surface area contributed by atoms with Crippen molar-refractivity contribution in [3.63, 3.8) is 0 Å². The molecule has 1 rings (SSSR count). The van der Waals surface area contributed by atoms with Crippen molar-refractivity contribution >= 4 is 6.09 Å². The first-order valence-corrected chi connectivity index (χ1v) is 6.63. The second-order valence-corrected chi connectivity index (χ2v) is 5.80. The highest BCUT2D eigenvalue weighted by molar-refractivity contribution is 5.67. The number of ether oxygens (including phenoxy) is 1. The van der Waals surface area contributed by atoms with Crippen molar-refractivity contribution in [2.75, 3.05) is 6.54 Å². The summed E-state index contributed by atoms with van der Waals surface area (Å²) in [6, 6.07) is 2.70. The molecular formula is C14H22N2O5. The summed E-state index contributed by atoms with van der Waals surface area (Å²) in [5.74, 6) is 0. The minimum absolute atomic E-state index is 0.172. The van der Waals surface area contributed by atoms with Gasteiger partial charge in [0.1, 0.15) is 17.8 Å². The average molecular weight is 298 g/mol. The molecule has 1 amide bonds. The molecule has 2 unspecified atom stereocenters. The van der Waals surface area contributed by atoms with Gasteiger partial charge in [0.15, 0.2) is 0 Å². The molecule has 21 heavy (non-hydrogen) atoms. The summed E-state index contributed by atoms with van der Waals surface area (Å²) in [5, 5.41) is 22.3. The molecule has 7 nitrogen and oxygen atoms in total. The lowest BCUT2D eigenvalue weighted by Crippen LogP contribution is -2.39. The lowest BCUT2D eigenvalue weighted by atomic mass is 10.0. The predicted molar refractivity (Wildman–Crippen MR) is 77.0 cm³/mol. The standard InChI is InChI=1S/C14H22N2O5/c1-8-9(5-6-11(18)16-8)12(19)10(17)7-15-13(20)21-14(2,3)4/h5-6,10,12,17,19H,7H2,1-4H3,(H,15,20)(H,16,18). The Morgan fingerprint density at radius 3 is 2.52 bits per heavy atom. The van der Waals surface area contributed by atoms with E-state index in [-0.39, 0.29) is 12.1 Å². The third-order valence-electron chi connectivity index (χ3n) is 2.70. The van der Waals surface area contributed by atoms with Gasteiger partial charge in [0.05, 0.1) is 0 Å². The van der Waals surface area contributed by atoms with Crippen molar-refractivity contribution in [2.45, 2.75) is 45.5 Å². The van der Waals surface area contributed by atoms with E-state index >= 15 is 0 Å². The van der Waals surface area contributed by atoms with Gasteiger partial charge in [0.2, 0.25) is 5.56 Å². The van der Waals surface area contributed by atoms with Crippen molar-refractivity contribution in [3.05, 3.63) is 33.7 Å². The van der Waals surface area contributed by atoms with Crippen LogP contribution in [0.2, 0.25) is 0 Å². The van der Waals surface area contributed by atoms with Gasteiger partial charge in [0.25, 0.3) is 0 Å². The zero-order valence-electron chi connectivity index (χ0n) is 12.6. The molecule has 2 atom stereocenters. The van der Waals surface area contributed by atoms with Gasteiger partial charge in [-0.2, -0.15) is 0 Å². The van der Waals surface area contributed by atoms with Crippen LogP contribution in [0.4, 0.5) is 4.79 Å². The molecule has 0 spiro atoms. The number of H-pyrrole nitrogens is 1. The highest BCUT2D eigenvalue weighted by Gasteiger charge is 2.22. The average Bonchev–Trinajstić information content (AvgIpc) is 2.33. The van der Waals surface area contributed by atoms with Crippen LogP contribution in [-0.4, -0.2) is 39.5 Å². The number of amides is 1. The van der Waals surface area contributed by atoms with Gasteiger partial charge in [-0.05, 0) is 33.8 Å². The number of nitrogens with one attached hydrogen (secondary N) is 2. The van der Waals surface area contributed by atoms with E-state index in [0.29, 0.717) is 11.3 Å². The minimum atomic E-state index is -1.23. The number of carbonyl (C=O) groups excluding carboxylic acids is 1. The monoisotopic (exact) mass is 298 g/mol. The molecule has 0 radical (unpaired) electrons. The topological polar surface area (TPSA) is 112 Å². The molecule has 0 saturated carbocycles. The van der Waals surface area contributed by atoms with E-state index < -0.39 is 23.9 Å². The molecule has 4 N–H and O–H groups in total. The van der Waals surface area contributed by atoms with E-state index in [0.717, 1.165) is 0 Å². The van der Waals surface area contributed by atoms with Gasteiger partial charge in [-0.15, -0.1) is 0 Å². The normalized spacial score (nSPS) is 14.4. The van der Waals surface area contributed by atoms with Crippen LogP contribution in [0.15, 0.2) is 16.9 Å². The van der Waals surface area contributed by atoms with Crippen molar-refractivity contribution in [1.82, 2.24) is 10.3 Å². The van der Waals surface area contributed by atoms with Gasteiger partial charge in [-0.3, -0.25) is 4.79 Å². The molecule has 1 heterocycles. The molecular weight excluding hydrogens is 276 g/mol. The Kier molecular flexibility index (Phi) is 5.51. The van der Waals surface area contributed by atoms with Gasteiger partial charge >= 0.3 is 6.09 Å². The van der Waals surface area contributed by atoms with Crippen molar-refractivity contribution < 1.29 is 19.7 Å². The van der Waals surface area contributed by atoms with Crippen LogP contribution in [0.3, 0.4) is 0 Å². The Morgan fingerprint density at radius 2 is 2.00 bits per heavy atom. The minimum Gasteiger partial charge on any atom is -0.444 e. The largest absolute Gasteiger partial charge is 0.444 e. The first-order chi connectivity index (χ1) is 9.60. The quantitative estimate of drug-likeness (QED) is 0.650. The third-order valence-corrected chi connectivity index (χ3v) is 2.70. The second kappa shape index (κ2) is 6.73. The fourth-order valence-corrected chi connectivity index (χ4v) is 1.73. The summed E-state index contributed by atoms with van der Waals surface area (Å²) >= 11 is 0. The maximum Gasteiger partial charge on any atom is 0.407 e. The number of hydrogen-bond acceptors (Lipinski definition) is 5. The molecule has 0 aromatic carbocycles. The van der Waals surface area contributed by atoms with Gasteiger partial charge in [-0.25, -0.2) is 4.79 Å². The molecule has 0 aliphatic rings. The number of carbonyl (C=O) groups is 1. The number of pyridine rings is 1. The Bertz CT molecular complexity index is 547. The number of aliphatic hydroxyl groups is 2. The maximum atomic E-state index is 11.5. The number of alkyl carbamates (subject to hydrolysis) is 1. The number of aryl methyl sites for hydroxylation is 1. The lowest BCUT2D eigenvalue weighted by molar-refractivity contribution is 0.0124. The van der Waals surface area contributed by atoms with E-state index in [1.54, 1.807) is 27.7 Å². The van der Waals surface area contributed by atoms with Crippen molar-refractivity contribution in [1.29, 1.82) is 0 Å². The van der Waals surface area contributed by atoms with Crippen LogP contribution in [-0.2, 0) is 4.74 Å². The van der Waals surface area contributed by atoms with E-state index in [9.17, 15) is 19.8 Å². The summed E-state index contributed by atoms with van der Waals surface area (Å²) in [5.41, 5.74) is -0.0624. The molecule has 0 fully saturated rings. The van der Waals surface area contributed by atoms with Crippen molar-refractivity contribution in [2.24, 2.45) is 0 Å². The van der Waals surface area contributed by atoms with Crippen LogP contribution in [0.5, 0.6) is 0 Å². The first kappa shape index (κ1) is 17.2. The molecule has 0 bridgehead atoms. The zero-order valence-corrected chi connectivity index (χ0v) is 12.6. The molecule has 1 aromatic rings. The Hall–Kier alpha value is -1.86. The zero-order chi connectivity index (χ0) is 16.2. The smallest absolute Gasteiger partial charge is 0.407 e. The fourth-order valence-electron chi connectivity index (χ4n) is 1.73. The summed E-state index contributed by atoms with van der Waals surface area (Å²) in [6.45, 7) is 6.62. The van der Waals surface area contributed by atoms with E-state index in [2.05, 4.69) is 10.3 Å². The van der Waals surface area contributed by atoms with Crippen LogP contribution in [0.1, 0.15) is 38.1 Å². The third kappa shape index (κ3) is 5.57. The summed E-state index contributed by atoms with van der Waals surface area (Å²) in [7, 11) is 0. The van der Waals surface area contributed by atoms with Gasteiger partial charge in [0, 0.05) is 23.9 Å². The van der Waals surface area contributed by atoms with Crippen LogP contribution >= 0.6 is 0 Å². The summed E-state index contributed by atoms with van der Waals surface area (Å²) < 4.78 is 5.02. The molecule has 7 heteroatoms. The highest BCUT2D eigenvalue weighted by atomic mass is 16.6. The van der Waals surface area contributed by atoms with Crippen molar-refractivity contribution in [3.8, 4) is 0 Å². The molecule has 118 valence electrons. The first-order valence-electron chi connectivity index (χ1n) is 6.63. The highest BCUT2D eigenvalue weighted by Crippen LogP contribution is 2.18. The lowest BCUT2D eigenvalue weighted by Gasteiger charge is -2.22. The van der Waals surface area contributed by atoms with E-state index in [1.165, 1.54) is 12.1 Å². The van der Waals surface area contributed by atoms with Crippen LogP contribution in [0, 0.1) is 6.92 Å². The Labute approximate surface area is 123 Å². The fraction of sp³-hybridized carbons (Fsp3) is 0.571. The Morgan fingerprint density at radius 1 is 1.38 bits per heavy atom. The van der Waals surface area contributed by atoms with Gasteiger partial charge in [-0.1, -0.05) is 0 Å². The van der Waals surface area contributed by atoms with Crippen LogP contribution < -0.4 is 10.9 Å². The van der Waals surface area contributed by atoms with E-state index in [1.807, 2.05) is 0 Å². The van der Waals surface area contributed by atoms with Crippen LogP contribution in [0.25, 0.3) is 0 Å². The molecule has 0 aliphatic carbocycles. The maximum absolute atomic E-state index is 11.5. The molecule has 0 saturated heterocycles. The number of aromatic nitrogens is 1. The molecule has 1 aromatic heterocycles. The number of aromatic amines is 1. The van der Waals surface area contributed by atoms with Gasteiger partial charge < -0.3 is 25.3 Å². The summed E-state index contributed by atoms with van der Waals surface area (Å²) in [6.07, 6.45) is -3.12. The number of hydrogen-bond donors (Lipinski definition) is 4. The Balaban J connectivity index is 2.61. The predicted octanol–water partition coefficient (Wildman–Crippen LogP) is 0.602. The van der Waals surface area contributed by atoms with E-state index in [4.69, 9.17) is 4.74 Å². The number of rotatable bonds is 4. The second-order valence-electron chi connectivity index (χ2n) is 5.80. The SMILES string of the molecule is Cc1[nH]c(=O)ccc1C(O)C(O)CNC(=O)OC(C)(C)C.